The van der Waals surface area contributed by atoms with E-state index in [2.05, 4.69) is 49.9 Å². The summed E-state index contributed by atoms with van der Waals surface area (Å²) in [6, 6.07) is 10.3. The lowest BCUT2D eigenvalue weighted by Crippen LogP contribution is -2.29. The van der Waals surface area contributed by atoms with E-state index in [1.807, 2.05) is 12.1 Å². The van der Waals surface area contributed by atoms with Crippen molar-refractivity contribution in [1.82, 2.24) is 0 Å². The molecule has 0 N–H and O–H groups in total. The lowest BCUT2D eigenvalue weighted by Gasteiger charge is -2.30. The molecular weight excluding hydrogens is 208 g/mol. The van der Waals surface area contributed by atoms with Gasteiger partial charge >= 0.3 is 0 Å². The van der Waals surface area contributed by atoms with Crippen molar-refractivity contribution >= 4 is 6.08 Å². The van der Waals surface area contributed by atoms with E-state index in [0.717, 1.165) is 12.8 Å². The number of hydrogen-bond donors (Lipinski definition) is 0. The Bertz CT molecular complexity index is 380. The molecule has 0 bridgehead atoms. The van der Waals surface area contributed by atoms with Gasteiger partial charge in [0.05, 0.1) is 12.2 Å². The average Bonchev–Trinajstić information content (AvgIpc) is 2.37. The molecule has 0 saturated carbocycles. The standard InChI is InChI=1S/C16H20O/c1-3-15-11-13(2)12-16(17-15)10-9-14-7-5-4-6-8-14/h3-10,13,15-16H,1,11-12H2,2H3/b10-9-/t13-,15+,16-/m1/s1. The Labute approximate surface area is 104 Å². The van der Waals surface area contributed by atoms with E-state index < -0.39 is 0 Å². The maximum atomic E-state index is 5.92. The Balaban J connectivity index is 1.98. The van der Waals surface area contributed by atoms with Gasteiger partial charge in [0.25, 0.3) is 0 Å². The third kappa shape index (κ3) is 3.57. The monoisotopic (exact) mass is 228 g/mol. The first kappa shape index (κ1) is 12.1. The van der Waals surface area contributed by atoms with E-state index in [1.165, 1.54) is 5.56 Å². The van der Waals surface area contributed by atoms with Crippen LogP contribution in [-0.2, 0) is 4.74 Å². The van der Waals surface area contributed by atoms with Gasteiger partial charge in [0, 0.05) is 0 Å². The summed E-state index contributed by atoms with van der Waals surface area (Å²) >= 11 is 0. The third-order valence-corrected chi connectivity index (χ3v) is 3.18. The van der Waals surface area contributed by atoms with Gasteiger partial charge in [-0.25, -0.2) is 0 Å². The van der Waals surface area contributed by atoms with Crippen LogP contribution in [0.3, 0.4) is 0 Å². The van der Waals surface area contributed by atoms with Crippen LogP contribution in [0.15, 0.2) is 49.1 Å². The zero-order valence-electron chi connectivity index (χ0n) is 10.4. The van der Waals surface area contributed by atoms with Crippen LogP contribution in [0.25, 0.3) is 6.08 Å². The summed E-state index contributed by atoms with van der Waals surface area (Å²) in [6.45, 7) is 6.10. The van der Waals surface area contributed by atoms with Crippen molar-refractivity contribution in [3.05, 3.63) is 54.6 Å². The molecule has 1 aliphatic heterocycles. The fraction of sp³-hybridized carbons (Fsp3) is 0.375. The van der Waals surface area contributed by atoms with Crippen LogP contribution < -0.4 is 0 Å². The second-order valence-corrected chi connectivity index (χ2v) is 4.80. The summed E-state index contributed by atoms with van der Waals surface area (Å²) in [6.07, 6.45) is 8.86. The molecule has 0 amide bonds. The fourth-order valence-corrected chi connectivity index (χ4v) is 2.28. The van der Waals surface area contributed by atoms with E-state index in [0.29, 0.717) is 5.92 Å². The summed E-state index contributed by atoms with van der Waals surface area (Å²) in [5.74, 6) is 0.706. The molecule has 0 aliphatic carbocycles. The molecule has 90 valence electrons. The van der Waals surface area contributed by atoms with Crippen molar-refractivity contribution < 1.29 is 4.74 Å². The highest BCUT2D eigenvalue weighted by Crippen LogP contribution is 2.26. The van der Waals surface area contributed by atoms with E-state index in [1.54, 1.807) is 0 Å². The van der Waals surface area contributed by atoms with Crippen LogP contribution in [0.2, 0.25) is 0 Å². The van der Waals surface area contributed by atoms with Crippen molar-refractivity contribution in [2.24, 2.45) is 5.92 Å². The molecule has 0 aromatic heterocycles. The van der Waals surface area contributed by atoms with Gasteiger partial charge in [0.1, 0.15) is 0 Å². The van der Waals surface area contributed by atoms with E-state index in [9.17, 15) is 0 Å². The van der Waals surface area contributed by atoms with Gasteiger partial charge in [-0.15, -0.1) is 6.58 Å². The molecule has 1 heterocycles. The first-order chi connectivity index (χ1) is 8.28. The maximum Gasteiger partial charge on any atom is 0.0769 e. The minimum absolute atomic E-state index is 0.212. The quantitative estimate of drug-likeness (QED) is 0.709. The molecule has 1 fully saturated rings. The number of ether oxygens (including phenoxy) is 1. The van der Waals surface area contributed by atoms with Crippen LogP contribution in [0.5, 0.6) is 0 Å². The minimum atomic E-state index is 0.212. The predicted molar refractivity (Wildman–Crippen MR) is 72.7 cm³/mol. The molecule has 1 aliphatic rings. The first-order valence-electron chi connectivity index (χ1n) is 6.29. The predicted octanol–water partition coefficient (Wildman–Crippen LogP) is 4.07. The van der Waals surface area contributed by atoms with Crippen molar-refractivity contribution in [2.45, 2.75) is 32.0 Å². The summed E-state index contributed by atoms with van der Waals surface area (Å²) in [4.78, 5) is 0. The second-order valence-electron chi connectivity index (χ2n) is 4.80. The highest BCUT2D eigenvalue weighted by Gasteiger charge is 2.23. The Morgan fingerprint density at radius 3 is 2.59 bits per heavy atom. The molecule has 2 rings (SSSR count). The van der Waals surface area contributed by atoms with Crippen molar-refractivity contribution in [2.75, 3.05) is 0 Å². The Morgan fingerprint density at radius 1 is 1.18 bits per heavy atom. The van der Waals surface area contributed by atoms with Gasteiger partial charge < -0.3 is 4.74 Å². The highest BCUT2D eigenvalue weighted by atomic mass is 16.5. The molecule has 0 unspecified atom stereocenters. The van der Waals surface area contributed by atoms with Crippen LogP contribution in [0.1, 0.15) is 25.3 Å². The van der Waals surface area contributed by atoms with Crippen LogP contribution in [0.4, 0.5) is 0 Å². The molecule has 1 aromatic rings. The molecule has 0 spiro atoms. The lowest BCUT2D eigenvalue weighted by molar-refractivity contribution is -0.0183. The minimum Gasteiger partial charge on any atom is -0.367 e. The van der Waals surface area contributed by atoms with Gasteiger partial charge in [-0.3, -0.25) is 0 Å². The molecule has 1 aromatic carbocycles. The Hall–Kier alpha value is -1.34. The summed E-state index contributed by atoms with van der Waals surface area (Å²) in [7, 11) is 0. The molecule has 17 heavy (non-hydrogen) atoms. The van der Waals surface area contributed by atoms with Gasteiger partial charge in [0.2, 0.25) is 0 Å². The Morgan fingerprint density at radius 2 is 1.88 bits per heavy atom. The molecule has 3 atom stereocenters. The number of hydrogen-bond acceptors (Lipinski definition) is 1. The van der Waals surface area contributed by atoms with E-state index in [-0.39, 0.29) is 12.2 Å². The summed E-state index contributed by atoms with van der Waals surface area (Å²) in [5.41, 5.74) is 1.23. The maximum absolute atomic E-state index is 5.92. The van der Waals surface area contributed by atoms with Crippen molar-refractivity contribution in [3.63, 3.8) is 0 Å². The molecule has 0 radical (unpaired) electrons. The third-order valence-electron chi connectivity index (χ3n) is 3.18. The van der Waals surface area contributed by atoms with E-state index in [4.69, 9.17) is 4.74 Å². The average molecular weight is 228 g/mol. The van der Waals surface area contributed by atoms with Crippen molar-refractivity contribution in [1.29, 1.82) is 0 Å². The second kappa shape index (κ2) is 5.83. The zero-order valence-corrected chi connectivity index (χ0v) is 10.4. The van der Waals surface area contributed by atoms with E-state index >= 15 is 0 Å². The number of benzene rings is 1. The summed E-state index contributed by atoms with van der Waals surface area (Å²) in [5, 5.41) is 0. The molecule has 1 heteroatoms. The SMILES string of the molecule is C=C[C@H]1C[C@@H](C)C[C@@H](/C=C\c2ccccc2)O1. The Kier molecular flexibility index (Phi) is 4.16. The fourth-order valence-electron chi connectivity index (χ4n) is 2.28. The van der Waals surface area contributed by atoms with Gasteiger partial charge in [-0.1, -0.05) is 55.5 Å². The summed E-state index contributed by atoms with van der Waals surface area (Å²) < 4.78 is 5.92. The van der Waals surface area contributed by atoms with Crippen LogP contribution in [0, 0.1) is 5.92 Å². The van der Waals surface area contributed by atoms with Gasteiger partial charge in [-0.2, -0.15) is 0 Å². The van der Waals surface area contributed by atoms with Crippen LogP contribution >= 0.6 is 0 Å². The highest BCUT2D eigenvalue weighted by molar-refractivity contribution is 5.49. The van der Waals surface area contributed by atoms with Gasteiger partial charge in [-0.05, 0) is 24.3 Å². The first-order valence-corrected chi connectivity index (χ1v) is 6.29. The van der Waals surface area contributed by atoms with Crippen molar-refractivity contribution in [3.8, 4) is 0 Å². The molecule has 1 saturated heterocycles. The smallest absolute Gasteiger partial charge is 0.0769 e. The molecule has 1 nitrogen and oxygen atoms in total. The number of rotatable bonds is 3. The van der Waals surface area contributed by atoms with Gasteiger partial charge in [0.15, 0.2) is 0 Å². The van der Waals surface area contributed by atoms with Crippen LogP contribution in [-0.4, -0.2) is 12.2 Å². The normalized spacial score (nSPS) is 29.4. The largest absolute Gasteiger partial charge is 0.367 e. The molecular formula is C16H20O. The zero-order chi connectivity index (χ0) is 12.1. The topological polar surface area (TPSA) is 9.23 Å². The lowest BCUT2D eigenvalue weighted by atomic mass is 9.93.